The van der Waals surface area contributed by atoms with Gasteiger partial charge in [0.05, 0.1) is 11.7 Å². The molecule has 4 nitrogen and oxygen atoms in total. The van der Waals surface area contributed by atoms with E-state index in [1.54, 1.807) is 4.68 Å². The van der Waals surface area contributed by atoms with Crippen molar-refractivity contribution in [2.75, 3.05) is 13.2 Å². The monoisotopic (exact) mass is 183 g/mol. The Bertz CT molecular complexity index is 247. The van der Waals surface area contributed by atoms with Gasteiger partial charge in [-0.05, 0) is 19.4 Å². The minimum atomic E-state index is -0.00671. The predicted molar refractivity (Wildman–Crippen MR) is 51.2 cm³/mol. The lowest BCUT2D eigenvalue weighted by Crippen LogP contribution is -2.14. The number of rotatable bonds is 5. The molecule has 1 rings (SSSR count). The van der Waals surface area contributed by atoms with Crippen LogP contribution in [0.3, 0.4) is 0 Å². The zero-order valence-electron chi connectivity index (χ0n) is 8.23. The Balaban J connectivity index is 2.35. The summed E-state index contributed by atoms with van der Waals surface area (Å²) in [5, 5.41) is 4.23. The first-order chi connectivity index (χ1) is 6.24. The summed E-state index contributed by atoms with van der Waals surface area (Å²) in [6, 6.07) is 1.93. The number of hydrogen-bond donors (Lipinski definition) is 1. The quantitative estimate of drug-likeness (QED) is 0.688. The molecular formula is C9H17N3O. The van der Waals surface area contributed by atoms with Gasteiger partial charge in [-0.15, -0.1) is 0 Å². The Hall–Kier alpha value is -0.870. The molecule has 0 radical (unpaired) electrons. The van der Waals surface area contributed by atoms with E-state index in [4.69, 9.17) is 10.5 Å². The van der Waals surface area contributed by atoms with Gasteiger partial charge in [0.15, 0.2) is 0 Å². The van der Waals surface area contributed by atoms with Crippen molar-refractivity contribution in [3.05, 3.63) is 18.0 Å². The summed E-state index contributed by atoms with van der Waals surface area (Å²) >= 11 is 0. The molecule has 0 aliphatic rings. The first-order valence-electron chi connectivity index (χ1n) is 4.57. The molecule has 1 atom stereocenters. The lowest BCUT2D eigenvalue weighted by molar-refractivity contribution is 0.139. The lowest BCUT2D eigenvalue weighted by atomic mass is 10.2. The Morgan fingerprint density at radius 1 is 1.69 bits per heavy atom. The molecule has 0 aliphatic carbocycles. The molecule has 0 aliphatic heterocycles. The van der Waals surface area contributed by atoms with Crippen LogP contribution >= 0.6 is 0 Å². The van der Waals surface area contributed by atoms with Gasteiger partial charge in [0, 0.05) is 26.5 Å². The highest BCUT2D eigenvalue weighted by molar-refractivity contribution is 5.04. The molecule has 0 bridgehead atoms. The lowest BCUT2D eigenvalue weighted by Gasteiger charge is -2.07. The van der Waals surface area contributed by atoms with Crippen LogP contribution in [0.15, 0.2) is 12.3 Å². The van der Waals surface area contributed by atoms with Crippen molar-refractivity contribution in [1.82, 2.24) is 9.78 Å². The number of hydrogen-bond acceptors (Lipinski definition) is 3. The van der Waals surface area contributed by atoms with E-state index >= 15 is 0 Å². The Kier molecular flexibility index (Phi) is 3.92. The summed E-state index contributed by atoms with van der Waals surface area (Å²) in [7, 11) is 1.89. The van der Waals surface area contributed by atoms with Crippen LogP contribution in [0.1, 0.15) is 25.1 Å². The molecule has 1 aromatic rings. The Morgan fingerprint density at radius 3 is 3.00 bits per heavy atom. The summed E-state index contributed by atoms with van der Waals surface area (Å²) in [5.74, 6) is 0. The normalized spacial score (nSPS) is 13.2. The van der Waals surface area contributed by atoms with Crippen LogP contribution in [0.4, 0.5) is 0 Å². The molecule has 0 amide bonds. The number of nitrogens with two attached hydrogens (primary N) is 1. The average Bonchev–Trinajstić information content (AvgIpc) is 2.52. The molecule has 0 saturated heterocycles. The maximum atomic E-state index is 5.89. The summed E-state index contributed by atoms with van der Waals surface area (Å²) in [6.07, 6.45) is 2.72. The third kappa shape index (κ3) is 3.16. The van der Waals surface area contributed by atoms with Gasteiger partial charge in [0.1, 0.15) is 0 Å². The number of ether oxygens (including phenoxy) is 1. The van der Waals surface area contributed by atoms with E-state index in [0.29, 0.717) is 6.61 Å². The average molecular weight is 183 g/mol. The first kappa shape index (κ1) is 10.2. The zero-order chi connectivity index (χ0) is 9.68. The third-order valence-corrected chi connectivity index (χ3v) is 1.89. The fourth-order valence-electron chi connectivity index (χ4n) is 1.13. The predicted octanol–water partition coefficient (Wildman–Crippen LogP) is 0.847. The van der Waals surface area contributed by atoms with Gasteiger partial charge in [-0.2, -0.15) is 5.10 Å². The fraction of sp³-hybridized carbons (Fsp3) is 0.667. The third-order valence-electron chi connectivity index (χ3n) is 1.89. The summed E-state index contributed by atoms with van der Waals surface area (Å²) < 4.78 is 6.98. The Morgan fingerprint density at radius 2 is 2.46 bits per heavy atom. The summed E-state index contributed by atoms with van der Waals surface area (Å²) in [5.41, 5.74) is 6.83. The SMILES string of the molecule is CCOCCC(N)c1ccn(C)n1. The number of nitrogens with zero attached hydrogens (tertiary/aromatic N) is 2. The van der Waals surface area contributed by atoms with E-state index in [2.05, 4.69) is 5.10 Å². The molecule has 2 N–H and O–H groups in total. The van der Waals surface area contributed by atoms with Gasteiger partial charge in [-0.25, -0.2) is 0 Å². The molecule has 13 heavy (non-hydrogen) atoms. The zero-order valence-corrected chi connectivity index (χ0v) is 8.23. The topological polar surface area (TPSA) is 53.1 Å². The number of aryl methyl sites for hydroxylation is 1. The first-order valence-corrected chi connectivity index (χ1v) is 4.57. The van der Waals surface area contributed by atoms with E-state index in [1.807, 2.05) is 26.2 Å². The summed E-state index contributed by atoms with van der Waals surface area (Å²) in [6.45, 7) is 3.43. The maximum Gasteiger partial charge on any atom is 0.0792 e. The van der Waals surface area contributed by atoms with Gasteiger partial charge in [0.25, 0.3) is 0 Å². The van der Waals surface area contributed by atoms with Crippen LogP contribution in [0.25, 0.3) is 0 Å². The van der Waals surface area contributed by atoms with Gasteiger partial charge in [-0.1, -0.05) is 0 Å². The second-order valence-electron chi connectivity index (χ2n) is 3.01. The molecule has 0 aromatic carbocycles. The molecule has 0 fully saturated rings. The van der Waals surface area contributed by atoms with Crippen molar-refractivity contribution in [3.63, 3.8) is 0 Å². The highest BCUT2D eigenvalue weighted by Gasteiger charge is 2.07. The van der Waals surface area contributed by atoms with E-state index in [1.165, 1.54) is 0 Å². The molecule has 4 heteroatoms. The van der Waals surface area contributed by atoms with E-state index < -0.39 is 0 Å². The highest BCUT2D eigenvalue weighted by atomic mass is 16.5. The minimum absolute atomic E-state index is 0.00671. The van der Waals surface area contributed by atoms with Crippen molar-refractivity contribution in [2.24, 2.45) is 12.8 Å². The molecule has 0 spiro atoms. The second kappa shape index (κ2) is 4.99. The van der Waals surface area contributed by atoms with E-state index in [-0.39, 0.29) is 6.04 Å². The molecule has 1 heterocycles. The smallest absolute Gasteiger partial charge is 0.0792 e. The molecule has 1 aromatic heterocycles. The minimum Gasteiger partial charge on any atom is -0.382 e. The van der Waals surface area contributed by atoms with Crippen molar-refractivity contribution in [1.29, 1.82) is 0 Å². The summed E-state index contributed by atoms with van der Waals surface area (Å²) in [4.78, 5) is 0. The van der Waals surface area contributed by atoms with E-state index in [0.717, 1.165) is 18.7 Å². The van der Waals surface area contributed by atoms with Crippen LogP contribution in [0.5, 0.6) is 0 Å². The fourth-order valence-corrected chi connectivity index (χ4v) is 1.13. The Labute approximate surface area is 78.7 Å². The van der Waals surface area contributed by atoms with Crippen LogP contribution in [0, 0.1) is 0 Å². The van der Waals surface area contributed by atoms with Crippen molar-refractivity contribution < 1.29 is 4.74 Å². The van der Waals surface area contributed by atoms with Crippen LogP contribution in [-0.2, 0) is 11.8 Å². The van der Waals surface area contributed by atoms with Crippen molar-refractivity contribution in [2.45, 2.75) is 19.4 Å². The van der Waals surface area contributed by atoms with Gasteiger partial charge >= 0.3 is 0 Å². The van der Waals surface area contributed by atoms with Gasteiger partial charge in [0.2, 0.25) is 0 Å². The molecule has 0 saturated carbocycles. The van der Waals surface area contributed by atoms with Crippen molar-refractivity contribution in [3.8, 4) is 0 Å². The van der Waals surface area contributed by atoms with E-state index in [9.17, 15) is 0 Å². The van der Waals surface area contributed by atoms with Crippen LogP contribution in [0.2, 0.25) is 0 Å². The molecule has 1 unspecified atom stereocenters. The largest absolute Gasteiger partial charge is 0.382 e. The highest BCUT2D eigenvalue weighted by Crippen LogP contribution is 2.10. The van der Waals surface area contributed by atoms with Crippen molar-refractivity contribution >= 4 is 0 Å². The number of aromatic nitrogens is 2. The second-order valence-corrected chi connectivity index (χ2v) is 3.01. The van der Waals surface area contributed by atoms with Crippen LogP contribution < -0.4 is 5.73 Å². The van der Waals surface area contributed by atoms with Crippen LogP contribution in [-0.4, -0.2) is 23.0 Å². The molecule has 74 valence electrons. The maximum absolute atomic E-state index is 5.89. The standard InChI is InChI=1S/C9H17N3O/c1-3-13-7-5-8(10)9-4-6-12(2)11-9/h4,6,8H,3,5,7,10H2,1-2H3. The van der Waals surface area contributed by atoms with Gasteiger partial charge in [-0.3, -0.25) is 4.68 Å². The molecular weight excluding hydrogens is 166 g/mol. The van der Waals surface area contributed by atoms with Gasteiger partial charge < -0.3 is 10.5 Å².